The van der Waals surface area contributed by atoms with Gasteiger partial charge >= 0.3 is 0 Å². The highest BCUT2D eigenvalue weighted by Gasteiger charge is 2.14. The van der Waals surface area contributed by atoms with Crippen molar-refractivity contribution in [1.82, 2.24) is 0 Å². The van der Waals surface area contributed by atoms with E-state index < -0.39 is 6.10 Å². The van der Waals surface area contributed by atoms with E-state index in [0.29, 0.717) is 12.2 Å². The summed E-state index contributed by atoms with van der Waals surface area (Å²) < 4.78 is 20.4. The van der Waals surface area contributed by atoms with Gasteiger partial charge < -0.3 is 10.5 Å². The summed E-state index contributed by atoms with van der Waals surface area (Å²) >= 11 is 3.45. The second kappa shape index (κ2) is 6.80. The summed E-state index contributed by atoms with van der Waals surface area (Å²) in [6.07, 6.45) is -0.437. The smallest absolute Gasteiger partial charge is 0.129 e. The van der Waals surface area contributed by atoms with E-state index in [1.54, 1.807) is 18.2 Å². The van der Waals surface area contributed by atoms with Gasteiger partial charge in [-0.2, -0.15) is 0 Å². The van der Waals surface area contributed by atoms with Crippen molar-refractivity contribution in [2.45, 2.75) is 12.7 Å². The predicted molar refractivity (Wildman–Crippen MR) is 77.1 cm³/mol. The number of hydrogen-bond donors (Lipinski definition) is 1. The normalized spacial score (nSPS) is 12.4. The molecule has 100 valence electrons. The van der Waals surface area contributed by atoms with Crippen LogP contribution in [0.4, 0.5) is 4.39 Å². The van der Waals surface area contributed by atoms with E-state index in [0.717, 1.165) is 10.0 Å². The molecule has 0 amide bonds. The zero-order valence-corrected chi connectivity index (χ0v) is 11.9. The summed E-state index contributed by atoms with van der Waals surface area (Å²) in [5.41, 5.74) is 7.18. The minimum absolute atomic E-state index is 0.241. The second-order valence-corrected chi connectivity index (χ2v) is 5.00. The van der Waals surface area contributed by atoms with Crippen molar-refractivity contribution < 1.29 is 9.13 Å². The van der Waals surface area contributed by atoms with Gasteiger partial charge in [-0.15, -0.1) is 0 Å². The summed E-state index contributed by atoms with van der Waals surface area (Å²) in [4.78, 5) is 0. The Morgan fingerprint density at radius 1 is 1.11 bits per heavy atom. The van der Waals surface area contributed by atoms with Crippen molar-refractivity contribution in [1.29, 1.82) is 0 Å². The molecule has 2 rings (SSSR count). The van der Waals surface area contributed by atoms with Crippen molar-refractivity contribution in [2.75, 3.05) is 6.54 Å². The number of hydrogen-bond acceptors (Lipinski definition) is 2. The summed E-state index contributed by atoms with van der Waals surface area (Å²) in [6, 6.07) is 14.3. The Labute approximate surface area is 120 Å². The number of ether oxygens (including phenoxy) is 1. The van der Waals surface area contributed by atoms with Gasteiger partial charge in [0, 0.05) is 16.6 Å². The van der Waals surface area contributed by atoms with Crippen molar-refractivity contribution >= 4 is 15.9 Å². The molecule has 0 aliphatic carbocycles. The maximum atomic E-state index is 13.7. The lowest BCUT2D eigenvalue weighted by Gasteiger charge is -2.17. The van der Waals surface area contributed by atoms with E-state index in [9.17, 15) is 4.39 Å². The van der Waals surface area contributed by atoms with Crippen LogP contribution in [0.15, 0.2) is 53.0 Å². The van der Waals surface area contributed by atoms with Crippen LogP contribution < -0.4 is 5.73 Å². The SMILES string of the molecule is NCC(OCc1ccccc1Br)c1ccccc1F. The Morgan fingerprint density at radius 3 is 2.47 bits per heavy atom. The number of benzene rings is 2. The summed E-state index contributed by atoms with van der Waals surface area (Å²) in [5.74, 6) is -0.287. The zero-order valence-electron chi connectivity index (χ0n) is 10.4. The van der Waals surface area contributed by atoms with Gasteiger partial charge in [0.2, 0.25) is 0 Å². The van der Waals surface area contributed by atoms with E-state index in [-0.39, 0.29) is 12.4 Å². The molecule has 2 aromatic rings. The maximum absolute atomic E-state index is 13.7. The molecule has 0 bridgehead atoms. The van der Waals surface area contributed by atoms with Gasteiger partial charge in [-0.3, -0.25) is 0 Å². The lowest BCUT2D eigenvalue weighted by atomic mass is 10.1. The van der Waals surface area contributed by atoms with Gasteiger partial charge in [0.15, 0.2) is 0 Å². The molecule has 2 nitrogen and oxygen atoms in total. The van der Waals surface area contributed by atoms with Crippen molar-refractivity contribution in [3.05, 3.63) is 69.9 Å². The van der Waals surface area contributed by atoms with Gasteiger partial charge in [0.1, 0.15) is 5.82 Å². The van der Waals surface area contributed by atoms with Crippen molar-refractivity contribution in [3.8, 4) is 0 Å². The van der Waals surface area contributed by atoms with Crippen LogP contribution in [-0.4, -0.2) is 6.54 Å². The highest BCUT2D eigenvalue weighted by Crippen LogP contribution is 2.23. The average molecular weight is 324 g/mol. The first-order valence-electron chi connectivity index (χ1n) is 6.02. The van der Waals surface area contributed by atoms with E-state index in [2.05, 4.69) is 15.9 Å². The molecular formula is C15H15BrFNO. The highest BCUT2D eigenvalue weighted by molar-refractivity contribution is 9.10. The molecule has 2 aromatic carbocycles. The van der Waals surface area contributed by atoms with Crippen LogP contribution in [0.25, 0.3) is 0 Å². The number of nitrogens with two attached hydrogens (primary N) is 1. The van der Waals surface area contributed by atoms with Crippen LogP contribution in [-0.2, 0) is 11.3 Å². The van der Waals surface area contributed by atoms with E-state index in [4.69, 9.17) is 10.5 Å². The third kappa shape index (κ3) is 3.62. The molecule has 0 aliphatic rings. The van der Waals surface area contributed by atoms with Gasteiger partial charge in [-0.05, 0) is 17.7 Å². The standard InChI is InChI=1S/C15H15BrFNO/c16-13-7-3-1-5-11(13)10-19-15(9-18)12-6-2-4-8-14(12)17/h1-8,15H,9-10,18H2. The molecule has 0 fully saturated rings. The highest BCUT2D eigenvalue weighted by atomic mass is 79.9. The first-order chi connectivity index (χ1) is 9.22. The Bertz CT molecular complexity index is 547. The molecule has 4 heteroatoms. The predicted octanol–water partition coefficient (Wildman–Crippen LogP) is 3.80. The molecule has 0 radical (unpaired) electrons. The Kier molecular flexibility index (Phi) is 5.07. The van der Waals surface area contributed by atoms with Gasteiger partial charge in [-0.25, -0.2) is 4.39 Å². The van der Waals surface area contributed by atoms with E-state index >= 15 is 0 Å². The van der Waals surface area contributed by atoms with Gasteiger partial charge in [-0.1, -0.05) is 52.3 Å². The summed E-state index contributed by atoms with van der Waals surface area (Å²) in [5, 5.41) is 0. The molecule has 0 spiro atoms. The molecule has 0 heterocycles. The molecule has 0 saturated carbocycles. The minimum atomic E-state index is -0.437. The van der Waals surface area contributed by atoms with Crippen LogP contribution in [0.1, 0.15) is 17.2 Å². The molecule has 0 aromatic heterocycles. The van der Waals surface area contributed by atoms with Crippen LogP contribution in [0.2, 0.25) is 0 Å². The monoisotopic (exact) mass is 323 g/mol. The van der Waals surface area contributed by atoms with Crippen LogP contribution in [0.5, 0.6) is 0 Å². The second-order valence-electron chi connectivity index (χ2n) is 4.15. The van der Waals surface area contributed by atoms with Crippen molar-refractivity contribution in [2.24, 2.45) is 5.73 Å². The summed E-state index contributed by atoms with van der Waals surface area (Å²) in [7, 11) is 0. The van der Waals surface area contributed by atoms with Crippen LogP contribution >= 0.6 is 15.9 Å². The fourth-order valence-electron chi connectivity index (χ4n) is 1.83. The third-order valence-electron chi connectivity index (χ3n) is 2.86. The molecule has 2 N–H and O–H groups in total. The Hall–Kier alpha value is -1.23. The summed E-state index contributed by atoms with van der Waals surface area (Å²) in [6.45, 7) is 0.628. The fraction of sp³-hybridized carbons (Fsp3) is 0.200. The fourth-order valence-corrected chi connectivity index (χ4v) is 2.23. The lowest BCUT2D eigenvalue weighted by Crippen LogP contribution is -2.17. The molecule has 0 saturated heterocycles. The molecule has 0 aliphatic heterocycles. The van der Waals surface area contributed by atoms with Crippen molar-refractivity contribution in [3.63, 3.8) is 0 Å². The third-order valence-corrected chi connectivity index (χ3v) is 3.64. The van der Waals surface area contributed by atoms with Gasteiger partial charge in [0.25, 0.3) is 0 Å². The van der Waals surface area contributed by atoms with Gasteiger partial charge in [0.05, 0.1) is 12.7 Å². The lowest BCUT2D eigenvalue weighted by molar-refractivity contribution is 0.0430. The Morgan fingerprint density at radius 2 is 1.79 bits per heavy atom. The quantitative estimate of drug-likeness (QED) is 0.908. The Balaban J connectivity index is 2.09. The number of halogens is 2. The maximum Gasteiger partial charge on any atom is 0.129 e. The van der Waals surface area contributed by atoms with E-state index in [1.165, 1.54) is 6.07 Å². The molecule has 1 unspecified atom stereocenters. The average Bonchev–Trinajstić information content (AvgIpc) is 2.43. The van der Waals surface area contributed by atoms with Crippen LogP contribution in [0, 0.1) is 5.82 Å². The zero-order chi connectivity index (χ0) is 13.7. The molecular weight excluding hydrogens is 309 g/mol. The van der Waals surface area contributed by atoms with E-state index in [1.807, 2.05) is 24.3 Å². The topological polar surface area (TPSA) is 35.2 Å². The molecule has 1 atom stereocenters. The largest absolute Gasteiger partial charge is 0.367 e. The van der Waals surface area contributed by atoms with Crippen LogP contribution in [0.3, 0.4) is 0 Å². The molecule has 19 heavy (non-hydrogen) atoms. The first-order valence-corrected chi connectivity index (χ1v) is 6.81. The first kappa shape index (κ1) is 14.2. The number of rotatable bonds is 5. The minimum Gasteiger partial charge on any atom is -0.367 e.